The Kier molecular flexibility index (Phi) is 7.56. The topological polar surface area (TPSA) is 105 Å². The number of carbonyl (C=O) groups is 3. The van der Waals surface area contributed by atoms with Gasteiger partial charge in [0, 0.05) is 24.7 Å². The first-order chi connectivity index (χ1) is 13.4. The maximum Gasteiger partial charge on any atom is 0.408 e. The third kappa shape index (κ3) is 6.12. The van der Waals surface area contributed by atoms with Crippen LogP contribution in [0.25, 0.3) is 0 Å². The van der Waals surface area contributed by atoms with Crippen LogP contribution < -0.4 is 10.6 Å². The smallest absolute Gasteiger partial charge is 0.408 e. The van der Waals surface area contributed by atoms with Crippen molar-refractivity contribution in [3.63, 3.8) is 0 Å². The first-order valence-corrected chi connectivity index (χ1v) is 8.92. The molecular weight excluding hydrogens is 360 g/mol. The number of amides is 1. The Bertz CT molecular complexity index is 836. The molecule has 1 unspecified atom stereocenters. The highest BCUT2D eigenvalue weighted by Crippen LogP contribution is 2.19. The van der Waals surface area contributed by atoms with Crippen LogP contribution in [0.2, 0.25) is 0 Å². The Balaban J connectivity index is 1.91. The molecule has 0 spiro atoms. The van der Waals surface area contributed by atoms with Crippen molar-refractivity contribution in [1.29, 1.82) is 0 Å². The van der Waals surface area contributed by atoms with Crippen molar-refractivity contribution in [2.24, 2.45) is 0 Å². The molecule has 0 fully saturated rings. The number of ether oxygens (including phenoxy) is 1. The van der Waals surface area contributed by atoms with Crippen molar-refractivity contribution < 1.29 is 24.2 Å². The van der Waals surface area contributed by atoms with Gasteiger partial charge in [0.2, 0.25) is 0 Å². The lowest BCUT2D eigenvalue weighted by molar-refractivity contribution is -0.139. The molecule has 7 nitrogen and oxygen atoms in total. The van der Waals surface area contributed by atoms with Crippen LogP contribution in [0.1, 0.15) is 34.3 Å². The molecule has 0 aromatic heterocycles. The second-order valence-electron chi connectivity index (χ2n) is 6.36. The van der Waals surface area contributed by atoms with Gasteiger partial charge in [0.05, 0.1) is 0 Å². The molecule has 148 valence electrons. The lowest BCUT2D eigenvalue weighted by Gasteiger charge is -2.15. The average Bonchev–Trinajstić information content (AvgIpc) is 2.69. The number of carboxylic acid groups (broad SMARTS) is 1. The summed E-state index contributed by atoms with van der Waals surface area (Å²) in [7, 11) is 1.72. The van der Waals surface area contributed by atoms with Crippen LogP contribution in [0.3, 0.4) is 0 Å². The standard InChI is InChI=1S/C21H24N2O5/c1-14-8-9-16(18(12-14)22-2)19(24)11-10-17(20(25)26)23-21(27)28-13-15-6-4-3-5-7-15/h3-9,12,17,22H,10-11,13H2,1-2H3,(H,23,27)(H,25,26). The molecule has 0 saturated carbocycles. The van der Waals surface area contributed by atoms with Gasteiger partial charge in [0.25, 0.3) is 0 Å². The van der Waals surface area contributed by atoms with E-state index in [1.54, 1.807) is 25.2 Å². The summed E-state index contributed by atoms with van der Waals surface area (Å²) in [5, 5.41) is 14.6. The fourth-order valence-electron chi connectivity index (χ4n) is 2.68. The van der Waals surface area contributed by atoms with E-state index in [4.69, 9.17) is 4.74 Å². The number of carbonyl (C=O) groups excluding carboxylic acids is 2. The number of aryl methyl sites for hydroxylation is 1. The summed E-state index contributed by atoms with van der Waals surface area (Å²) in [4.78, 5) is 35.8. The SMILES string of the molecule is CNc1cc(C)ccc1C(=O)CCC(NC(=O)OCc1ccccc1)C(=O)O. The van der Waals surface area contributed by atoms with Crippen molar-refractivity contribution in [2.75, 3.05) is 12.4 Å². The van der Waals surface area contributed by atoms with Crippen molar-refractivity contribution in [1.82, 2.24) is 5.32 Å². The fraction of sp³-hybridized carbons (Fsp3) is 0.286. The van der Waals surface area contributed by atoms with E-state index in [2.05, 4.69) is 10.6 Å². The summed E-state index contributed by atoms with van der Waals surface area (Å²) in [5.74, 6) is -1.42. The van der Waals surface area contributed by atoms with Crippen LogP contribution >= 0.6 is 0 Å². The Morgan fingerprint density at radius 1 is 1.11 bits per heavy atom. The summed E-state index contributed by atoms with van der Waals surface area (Å²) in [5.41, 5.74) is 2.97. The summed E-state index contributed by atoms with van der Waals surface area (Å²) < 4.78 is 5.04. The summed E-state index contributed by atoms with van der Waals surface area (Å²) >= 11 is 0. The van der Waals surface area contributed by atoms with Gasteiger partial charge in [-0.25, -0.2) is 9.59 Å². The van der Waals surface area contributed by atoms with E-state index in [1.165, 1.54) is 0 Å². The molecule has 2 rings (SSSR count). The zero-order chi connectivity index (χ0) is 20.5. The molecule has 28 heavy (non-hydrogen) atoms. The minimum absolute atomic E-state index is 0.0202. The first kappa shape index (κ1) is 21.0. The maximum atomic E-state index is 12.5. The third-order valence-electron chi connectivity index (χ3n) is 4.21. The number of rotatable bonds is 9. The summed E-state index contributed by atoms with van der Waals surface area (Å²) in [6, 6.07) is 13.2. The molecule has 0 heterocycles. The molecule has 0 aliphatic carbocycles. The number of alkyl carbamates (subject to hydrolysis) is 1. The zero-order valence-corrected chi connectivity index (χ0v) is 15.9. The van der Waals surface area contributed by atoms with Crippen LogP contribution in [0.15, 0.2) is 48.5 Å². The van der Waals surface area contributed by atoms with Crippen molar-refractivity contribution in [3.05, 3.63) is 65.2 Å². The second kappa shape index (κ2) is 10.1. The van der Waals surface area contributed by atoms with Gasteiger partial charge in [0.15, 0.2) is 5.78 Å². The van der Waals surface area contributed by atoms with Crippen LogP contribution in [0, 0.1) is 6.92 Å². The highest BCUT2D eigenvalue weighted by atomic mass is 16.5. The van der Waals surface area contributed by atoms with Crippen LogP contribution in [-0.4, -0.2) is 36.0 Å². The Hall–Kier alpha value is -3.35. The number of benzene rings is 2. The largest absolute Gasteiger partial charge is 0.480 e. The molecule has 0 saturated heterocycles. The predicted octanol–water partition coefficient (Wildman–Crippen LogP) is 3.38. The van der Waals surface area contributed by atoms with Gasteiger partial charge < -0.3 is 20.5 Å². The number of aliphatic carboxylic acids is 1. The second-order valence-corrected chi connectivity index (χ2v) is 6.36. The molecule has 7 heteroatoms. The number of nitrogens with one attached hydrogen (secondary N) is 2. The van der Waals surface area contributed by atoms with E-state index in [9.17, 15) is 19.5 Å². The molecule has 0 radical (unpaired) electrons. The summed E-state index contributed by atoms with van der Waals surface area (Å²) in [6.45, 7) is 1.95. The van der Waals surface area contributed by atoms with E-state index in [-0.39, 0.29) is 25.2 Å². The van der Waals surface area contributed by atoms with E-state index in [0.717, 1.165) is 11.1 Å². The van der Waals surface area contributed by atoms with Gasteiger partial charge >= 0.3 is 12.1 Å². The number of hydrogen-bond donors (Lipinski definition) is 3. The molecule has 0 aliphatic heterocycles. The van der Waals surface area contributed by atoms with E-state index in [0.29, 0.717) is 11.3 Å². The lowest BCUT2D eigenvalue weighted by atomic mass is 10.0. The van der Waals surface area contributed by atoms with Gasteiger partial charge in [-0.15, -0.1) is 0 Å². The van der Waals surface area contributed by atoms with Gasteiger partial charge in [0.1, 0.15) is 12.6 Å². The minimum atomic E-state index is -1.22. The Morgan fingerprint density at radius 2 is 1.82 bits per heavy atom. The first-order valence-electron chi connectivity index (χ1n) is 8.92. The van der Waals surface area contributed by atoms with E-state index < -0.39 is 18.1 Å². The number of ketones is 1. The van der Waals surface area contributed by atoms with Crippen LogP contribution in [0.5, 0.6) is 0 Å². The molecule has 0 aliphatic rings. The maximum absolute atomic E-state index is 12.5. The van der Waals surface area contributed by atoms with E-state index in [1.807, 2.05) is 37.3 Å². The van der Waals surface area contributed by atoms with Crippen LogP contribution in [0.4, 0.5) is 10.5 Å². The third-order valence-corrected chi connectivity index (χ3v) is 4.21. The minimum Gasteiger partial charge on any atom is -0.480 e. The van der Waals surface area contributed by atoms with Crippen molar-refractivity contribution >= 4 is 23.5 Å². The number of anilines is 1. The fourth-order valence-corrected chi connectivity index (χ4v) is 2.68. The van der Waals surface area contributed by atoms with Gasteiger partial charge in [-0.1, -0.05) is 36.4 Å². The van der Waals surface area contributed by atoms with Crippen molar-refractivity contribution in [3.8, 4) is 0 Å². The van der Waals surface area contributed by atoms with Gasteiger partial charge in [-0.2, -0.15) is 0 Å². The van der Waals surface area contributed by atoms with Crippen molar-refractivity contribution in [2.45, 2.75) is 32.4 Å². The van der Waals surface area contributed by atoms with Gasteiger partial charge in [-0.3, -0.25) is 4.79 Å². The Morgan fingerprint density at radius 3 is 2.46 bits per heavy atom. The monoisotopic (exact) mass is 384 g/mol. The van der Waals surface area contributed by atoms with E-state index >= 15 is 0 Å². The number of hydrogen-bond acceptors (Lipinski definition) is 5. The molecule has 1 atom stereocenters. The highest BCUT2D eigenvalue weighted by Gasteiger charge is 2.22. The Labute approximate surface area is 163 Å². The van der Waals surface area contributed by atoms with Gasteiger partial charge in [-0.05, 0) is 36.6 Å². The zero-order valence-electron chi connectivity index (χ0n) is 15.9. The molecule has 2 aromatic rings. The molecule has 0 bridgehead atoms. The quantitative estimate of drug-likeness (QED) is 0.573. The number of carboxylic acids is 1. The number of Topliss-reactive ketones (excluding diaryl/α,β-unsaturated/α-hetero) is 1. The average molecular weight is 384 g/mol. The molecule has 3 N–H and O–H groups in total. The molecular formula is C21H24N2O5. The highest BCUT2D eigenvalue weighted by molar-refractivity contribution is 6.01. The van der Waals surface area contributed by atoms with Crippen LogP contribution in [-0.2, 0) is 16.1 Å². The predicted molar refractivity (Wildman–Crippen MR) is 105 cm³/mol. The normalized spacial score (nSPS) is 11.4. The lowest BCUT2D eigenvalue weighted by Crippen LogP contribution is -2.41. The summed E-state index contributed by atoms with van der Waals surface area (Å²) in [6.07, 6.45) is -0.894. The molecule has 1 amide bonds. The molecule has 2 aromatic carbocycles.